The maximum Gasteiger partial charge on any atom is 0.259 e. The van der Waals surface area contributed by atoms with Gasteiger partial charge in [0.05, 0.1) is 23.2 Å². The van der Waals surface area contributed by atoms with Gasteiger partial charge in [0.1, 0.15) is 5.82 Å². The third-order valence-electron chi connectivity index (χ3n) is 5.25. The van der Waals surface area contributed by atoms with E-state index in [0.717, 1.165) is 47.7 Å². The summed E-state index contributed by atoms with van der Waals surface area (Å²) in [5, 5.41) is 11.4. The van der Waals surface area contributed by atoms with Crippen molar-refractivity contribution < 1.29 is 5.11 Å². The number of pyridine rings is 1. The number of aliphatic hydroxyl groups excluding tert-OH is 1. The van der Waals surface area contributed by atoms with Crippen LogP contribution in [0.15, 0.2) is 35.4 Å². The van der Waals surface area contributed by atoms with Gasteiger partial charge in [0.2, 0.25) is 0 Å². The maximum atomic E-state index is 12.7. The molecule has 2 atom stereocenters. The van der Waals surface area contributed by atoms with Gasteiger partial charge in [0, 0.05) is 12.4 Å². The first-order valence-corrected chi connectivity index (χ1v) is 8.90. The van der Waals surface area contributed by atoms with Gasteiger partial charge in [-0.15, -0.1) is 0 Å². The molecule has 0 radical (unpaired) electrons. The van der Waals surface area contributed by atoms with Crippen molar-refractivity contribution in [1.82, 2.24) is 14.5 Å². The number of hydrogen-bond acceptors (Lipinski definition) is 3. The normalized spacial score (nSPS) is 20.9. The summed E-state index contributed by atoms with van der Waals surface area (Å²) < 4.78 is 1.98. The smallest absolute Gasteiger partial charge is 0.259 e. The minimum atomic E-state index is -0.384. The molecule has 1 aliphatic rings. The van der Waals surface area contributed by atoms with E-state index < -0.39 is 0 Å². The fraction of sp³-hybridized carbons (Fsp3) is 0.400. The number of rotatable bonds is 2. The molecule has 2 aromatic heterocycles. The van der Waals surface area contributed by atoms with Crippen LogP contribution >= 0.6 is 0 Å². The quantitative estimate of drug-likeness (QED) is 0.752. The number of nitrogens with zero attached hydrogens (tertiary/aromatic N) is 2. The first-order valence-electron chi connectivity index (χ1n) is 8.90. The van der Waals surface area contributed by atoms with E-state index in [2.05, 4.69) is 29.0 Å². The predicted octanol–water partition coefficient (Wildman–Crippen LogP) is 3.48. The molecule has 0 amide bonds. The van der Waals surface area contributed by atoms with Crippen LogP contribution in [-0.2, 0) is 0 Å². The Morgan fingerprint density at radius 3 is 2.80 bits per heavy atom. The number of nitrogens with one attached hydrogen (secondary N) is 1. The molecule has 0 bridgehead atoms. The number of H-pyrrole nitrogens is 1. The molecule has 0 unspecified atom stereocenters. The van der Waals surface area contributed by atoms with Gasteiger partial charge in [-0.1, -0.05) is 24.5 Å². The molecule has 1 aliphatic carbocycles. The van der Waals surface area contributed by atoms with Crippen LogP contribution in [0.4, 0.5) is 0 Å². The average Bonchev–Trinajstić information content (AvgIpc) is 3.04. The van der Waals surface area contributed by atoms with Crippen LogP contribution in [0, 0.1) is 13.8 Å². The summed E-state index contributed by atoms with van der Waals surface area (Å²) in [6, 6.07) is 6.05. The lowest BCUT2D eigenvalue weighted by molar-refractivity contribution is 0.0762. The fourth-order valence-electron chi connectivity index (χ4n) is 4.06. The van der Waals surface area contributed by atoms with E-state index in [-0.39, 0.29) is 17.7 Å². The number of hydrogen-bond donors (Lipinski definition) is 2. The minimum absolute atomic E-state index is 0.0133. The van der Waals surface area contributed by atoms with E-state index in [0.29, 0.717) is 11.4 Å². The average molecular weight is 337 g/mol. The van der Waals surface area contributed by atoms with Crippen molar-refractivity contribution in [2.45, 2.75) is 51.7 Å². The van der Waals surface area contributed by atoms with Crippen LogP contribution < -0.4 is 5.56 Å². The predicted molar refractivity (Wildman–Crippen MR) is 98.8 cm³/mol. The van der Waals surface area contributed by atoms with E-state index in [9.17, 15) is 9.90 Å². The van der Waals surface area contributed by atoms with Crippen LogP contribution in [0.2, 0.25) is 0 Å². The molecule has 2 N–H and O–H groups in total. The Kier molecular flexibility index (Phi) is 3.96. The third-order valence-corrected chi connectivity index (χ3v) is 5.25. The van der Waals surface area contributed by atoms with Crippen molar-refractivity contribution in [2.75, 3.05) is 0 Å². The number of benzene rings is 1. The molecule has 1 fully saturated rings. The van der Waals surface area contributed by atoms with Gasteiger partial charge in [0.25, 0.3) is 5.56 Å². The molecule has 1 saturated carbocycles. The van der Waals surface area contributed by atoms with Crippen molar-refractivity contribution in [3.05, 3.63) is 52.1 Å². The van der Waals surface area contributed by atoms with Crippen LogP contribution in [0.3, 0.4) is 0 Å². The Balaban J connectivity index is 1.87. The molecule has 1 aromatic carbocycles. The Labute approximate surface area is 146 Å². The first kappa shape index (κ1) is 16.1. The van der Waals surface area contributed by atoms with E-state index >= 15 is 0 Å². The van der Waals surface area contributed by atoms with Crippen LogP contribution in [0.1, 0.15) is 42.9 Å². The summed E-state index contributed by atoms with van der Waals surface area (Å²) in [6.07, 6.45) is 7.05. The minimum Gasteiger partial charge on any atom is -0.391 e. The van der Waals surface area contributed by atoms with E-state index in [4.69, 9.17) is 0 Å². The number of aromatic amines is 1. The number of fused-ring (bicyclic) bond motifs is 1. The third kappa shape index (κ3) is 2.78. The van der Waals surface area contributed by atoms with E-state index in [1.165, 1.54) is 0 Å². The Bertz CT molecular complexity index is 986. The van der Waals surface area contributed by atoms with Gasteiger partial charge in [-0.3, -0.25) is 4.79 Å². The summed E-state index contributed by atoms with van der Waals surface area (Å²) in [6.45, 7) is 4.06. The lowest BCUT2D eigenvalue weighted by Gasteiger charge is -2.29. The fourth-order valence-corrected chi connectivity index (χ4v) is 4.06. The molecular formula is C20H23N3O2. The van der Waals surface area contributed by atoms with Crippen molar-refractivity contribution >= 4 is 10.9 Å². The Morgan fingerprint density at radius 1 is 1.20 bits per heavy atom. The second kappa shape index (κ2) is 6.15. The Morgan fingerprint density at radius 2 is 2.00 bits per heavy atom. The van der Waals surface area contributed by atoms with Gasteiger partial charge < -0.3 is 14.7 Å². The standard InChI is InChI=1S/C20H23N3O2/c1-12-9-13(2)18-14(10-12)11-15(20(25)22-18)19-21-7-8-23(19)16-5-3-4-6-17(16)24/h7-11,16-17,24H,3-6H2,1-2H3,(H,22,25)/t16-,17-/m0/s1. The lowest BCUT2D eigenvalue weighted by atomic mass is 9.92. The second-order valence-corrected chi connectivity index (χ2v) is 7.14. The maximum absolute atomic E-state index is 12.7. The van der Waals surface area contributed by atoms with Crippen molar-refractivity contribution in [1.29, 1.82) is 0 Å². The van der Waals surface area contributed by atoms with Gasteiger partial charge in [-0.2, -0.15) is 0 Å². The molecular weight excluding hydrogens is 314 g/mol. The molecule has 5 heteroatoms. The van der Waals surface area contributed by atoms with Crippen molar-refractivity contribution in [3.8, 4) is 11.4 Å². The van der Waals surface area contributed by atoms with Crippen LogP contribution in [-0.4, -0.2) is 25.7 Å². The highest BCUT2D eigenvalue weighted by Crippen LogP contribution is 2.32. The van der Waals surface area contributed by atoms with Crippen LogP contribution in [0.5, 0.6) is 0 Å². The topological polar surface area (TPSA) is 70.9 Å². The van der Waals surface area contributed by atoms with Crippen molar-refractivity contribution in [2.24, 2.45) is 0 Å². The molecule has 3 aromatic rings. The lowest BCUT2D eigenvalue weighted by Crippen LogP contribution is -2.28. The van der Waals surface area contributed by atoms with Gasteiger partial charge in [0.15, 0.2) is 0 Å². The molecule has 25 heavy (non-hydrogen) atoms. The highest BCUT2D eigenvalue weighted by Gasteiger charge is 2.27. The van der Waals surface area contributed by atoms with Gasteiger partial charge >= 0.3 is 0 Å². The first-order chi connectivity index (χ1) is 12.0. The number of aryl methyl sites for hydroxylation is 2. The molecule has 5 nitrogen and oxygen atoms in total. The highest BCUT2D eigenvalue weighted by molar-refractivity contribution is 5.85. The molecule has 0 spiro atoms. The SMILES string of the molecule is Cc1cc(C)c2[nH]c(=O)c(-c3nccn3[C@H]3CCCC[C@@H]3O)cc2c1. The molecule has 130 valence electrons. The zero-order valence-electron chi connectivity index (χ0n) is 14.6. The van der Waals surface area contributed by atoms with E-state index in [1.54, 1.807) is 6.20 Å². The van der Waals surface area contributed by atoms with E-state index in [1.807, 2.05) is 23.8 Å². The zero-order valence-corrected chi connectivity index (χ0v) is 14.6. The Hall–Kier alpha value is -2.40. The van der Waals surface area contributed by atoms with Gasteiger partial charge in [-0.05, 0) is 49.8 Å². The summed E-state index contributed by atoms with van der Waals surface area (Å²) in [5.74, 6) is 0.633. The van der Waals surface area contributed by atoms with Crippen LogP contribution in [0.25, 0.3) is 22.3 Å². The second-order valence-electron chi connectivity index (χ2n) is 7.14. The molecule has 4 rings (SSSR count). The number of imidazole rings is 1. The van der Waals surface area contributed by atoms with Gasteiger partial charge in [-0.25, -0.2) is 4.98 Å². The summed E-state index contributed by atoms with van der Waals surface area (Å²) in [5.41, 5.74) is 3.51. The highest BCUT2D eigenvalue weighted by atomic mass is 16.3. The summed E-state index contributed by atoms with van der Waals surface area (Å²) in [4.78, 5) is 20.2. The van der Waals surface area contributed by atoms with Crippen molar-refractivity contribution in [3.63, 3.8) is 0 Å². The molecule has 0 aliphatic heterocycles. The summed E-state index contributed by atoms with van der Waals surface area (Å²) in [7, 11) is 0. The molecule has 0 saturated heterocycles. The monoisotopic (exact) mass is 337 g/mol. The largest absolute Gasteiger partial charge is 0.391 e. The summed E-state index contributed by atoms with van der Waals surface area (Å²) >= 11 is 0. The number of aromatic nitrogens is 3. The molecule has 2 heterocycles. The zero-order chi connectivity index (χ0) is 17.6. The number of aliphatic hydroxyl groups is 1.